The minimum Gasteiger partial charge on any atom is -0.347 e. The van der Waals surface area contributed by atoms with E-state index in [0.29, 0.717) is 0 Å². The summed E-state index contributed by atoms with van der Waals surface area (Å²) >= 11 is 0. The first-order chi connectivity index (χ1) is 10.1. The van der Waals surface area contributed by atoms with Crippen molar-refractivity contribution < 1.29 is 9.59 Å². The number of likely N-dealkylation sites (tertiary alicyclic amines) is 1. The van der Waals surface area contributed by atoms with Crippen molar-refractivity contribution in [3.8, 4) is 0 Å². The van der Waals surface area contributed by atoms with E-state index in [9.17, 15) is 9.59 Å². The quantitative estimate of drug-likeness (QED) is 0.823. The van der Waals surface area contributed by atoms with Gasteiger partial charge in [0.1, 0.15) is 0 Å². The summed E-state index contributed by atoms with van der Waals surface area (Å²) in [5.74, 6) is 0.578. The fourth-order valence-electron chi connectivity index (χ4n) is 3.07. The molecule has 7 heteroatoms. The zero-order chi connectivity index (χ0) is 14.9. The molecule has 1 spiro atoms. The van der Waals surface area contributed by atoms with Crippen molar-refractivity contribution in [3.05, 3.63) is 18.5 Å². The molecule has 0 bridgehead atoms. The Morgan fingerprint density at radius 1 is 1.29 bits per heavy atom. The Kier molecular flexibility index (Phi) is 3.48. The molecule has 0 aromatic carbocycles. The standard InChI is InChI=1S/C14H19N5O2/c1-11(20)17-7-12(21)19-9-14(10-19)3-6-18(8-14)13-15-4-2-5-16-13/h2,4-5H,3,6-10H2,1H3,(H,17,20). The van der Waals surface area contributed by atoms with Crippen LogP contribution in [0.15, 0.2) is 18.5 Å². The van der Waals surface area contributed by atoms with Crippen molar-refractivity contribution in [2.75, 3.05) is 37.6 Å². The van der Waals surface area contributed by atoms with E-state index in [4.69, 9.17) is 0 Å². The Bertz CT molecular complexity index is 542. The second-order valence-electron chi connectivity index (χ2n) is 5.88. The highest BCUT2D eigenvalue weighted by atomic mass is 16.2. The minimum absolute atomic E-state index is 0.00904. The first-order valence-electron chi connectivity index (χ1n) is 7.12. The van der Waals surface area contributed by atoms with E-state index in [-0.39, 0.29) is 23.8 Å². The van der Waals surface area contributed by atoms with E-state index in [1.165, 1.54) is 6.92 Å². The number of rotatable bonds is 3. The van der Waals surface area contributed by atoms with Crippen LogP contribution in [-0.2, 0) is 9.59 Å². The number of hydrogen-bond acceptors (Lipinski definition) is 5. The predicted molar refractivity (Wildman–Crippen MR) is 76.6 cm³/mol. The second-order valence-corrected chi connectivity index (χ2v) is 5.88. The topological polar surface area (TPSA) is 78.4 Å². The predicted octanol–water partition coefficient (Wildman–Crippen LogP) is -0.349. The summed E-state index contributed by atoms with van der Waals surface area (Å²) in [6, 6.07) is 1.81. The molecule has 2 saturated heterocycles. The van der Waals surface area contributed by atoms with Gasteiger partial charge in [-0.3, -0.25) is 9.59 Å². The molecule has 2 aliphatic rings. The van der Waals surface area contributed by atoms with Gasteiger partial charge in [-0.2, -0.15) is 0 Å². The molecule has 21 heavy (non-hydrogen) atoms. The van der Waals surface area contributed by atoms with Gasteiger partial charge in [-0.15, -0.1) is 0 Å². The van der Waals surface area contributed by atoms with Crippen LogP contribution in [0.1, 0.15) is 13.3 Å². The molecule has 3 rings (SSSR count). The Balaban J connectivity index is 1.52. The van der Waals surface area contributed by atoms with Crippen molar-refractivity contribution in [1.29, 1.82) is 0 Å². The van der Waals surface area contributed by atoms with Gasteiger partial charge in [0.05, 0.1) is 6.54 Å². The maximum absolute atomic E-state index is 11.9. The molecule has 1 aromatic heterocycles. The first-order valence-corrected chi connectivity index (χ1v) is 7.12. The van der Waals surface area contributed by atoms with Crippen molar-refractivity contribution in [1.82, 2.24) is 20.2 Å². The molecule has 0 radical (unpaired) electrons. The molecule has 7 nitrogen and oxygen atoms in total. The van der Waals surface area contributed by atoms with E-state index in [1.54, 1.807) is 18.5 Å². The van der Waals surface area contributed by atoms with Crippen LogP contribution in [-0.4, -0.2) is 59.4 Å². The van der Waals surface area contributed by atoms with Crippen molar-refractivity contribution in [2.24, 2.45) is 5.41 Å². The molecular formula is C14H19N5O2. The van der Waals surface area contributed by atoms with E-state index in [0.717, 1.165) is 38.5 Å². The third kappa shape index (κ3) is 2.81. The number of carbonyl (C=O) groups is 2. The van der Waals surface area contributed by atoms with Crippen LogP contribution in [0.4, 0.5) is 5.95 Å². The van der Waals surface area contributed by atoms with Crippen LogP contribution in [0, 0.1) is 5.41 Å². The SMILES string of the molecule is CC(=O)NCC(=O)N1CC2(CCN(c3ncccn3)C2)C1. The molecule has 2 fully saturated rings. The highest BCUT2D eigenvalue weighted by Crippen LogP contribution is 2.40. The normalized spacial score (nSPS) is 19.5. The van der Waals surface area contributed by atoms with Gasteiger partial charge in [0.2, 0.25) is 17.8 Å². The molecule has 2 aliphatic heterocycles. The number of nitrogens with zero attached hydrogens (tertiary/aromatic N) is 4. The molecular weight excluding hydrogens is 270 g/mol. The average Bonchev–Trinajstić information content (AvgIpc) is 2.89. The zero-order valence-corrected chi connectivity index (χ0v) is 12.1. The van der Waals surface area contributed by atoms with Crippen LogP contribution < -0.4 is 10.2 Å². The van der Waals surface area contributed by atoms with Gasteiger partial charge in [-0.1, -0.05) is 0 Å². The molecule has 2 amide bonds. The van der Waals surface area contributed by atoms with Gasteiger partial charge >= 0.3 is 0 Å². The van der Waals surface area contributed by atoms with Crippen molar-refractivity contribution in [2.45, 2.75) is 13.3 Å². The second kappa shape index (κ2) is 5.31. The van der Waals surface area contributed by atoms with Gasteiger partial charge in [0.25, 0.3) is 0 Å². The summed E-state index contributed by atoms with van der Waals surface area (Å²) in [5, 5.41) is 2.55. The molecule has 0 saturated carbocycles. The Morgan fingerprint density at radius 2 is 2.00 bits per heavy atom. The van der Waals surface area contributed by atoms with Crippen LogP contribution in [0.2, 0.25) is 0 Å². The van der Waals surface area contributed by atoms with Gasteiger partial charge in [-0.05, 0) is 12.5 Å². The Labute approximate surface area is 123 Å². The molecule has 112 valence electrons. The molecule has 0 atom stereocenters. The summed E-state index contributed by atoms with van der Waals surface area (Å²) in [6.45, 7) is 4.85. The van der Waals surface area contributed by atoms with Crippen LogP contribution in [0.3, 0.4) is 0 Å². The van der Waals surface area contributed by atoms with Crippen LogP contribution in [0.25, 0.3) is 0 Å². The van der Waals surface area contributed by atoms with Gasteiger partial charge in [-0.25, -0.2) is 9.97 Å². The number of hydrogen-bond donors (Lipinski definition) is 1. The van der Waals surface area contributed by atoms with Crippen LogP contribution >= 0.6 is 0 Å². The summed E-state index contributed by atoms with van der Waals surface area (Å²) < 4.78 is 0. The first kappa shape index (κ1) is 13.8. The summed E-state index contributed by atoms with van der Waals surface area (Å²) in [7, 11) is 0. The zero-order valence-electron chi connectivity index (χ0n) is 12.1. The Morgan fingerprint density at radius 3 is 2.67 bits per heavy atom. The molecule has 0 unspecified atom stereocenters. The van der Waals surface area contributed by atoms with E-state index >= 15 is 0 Å². The van der Waals surface area contributed by atoms with Crippen molar-refractivity contribution in [3.63, 3.8) is 0 Å². The third-order valence-electron chi connectivity index (χ3n) is 4.17. The fourth-order valence-corrected chi connectivity index (χ4v) is 3.07. The summed E-state index contributed by atoms with van der Waals surface area (Å²) in [6.07, 6.45) is 4.55. The van der Waals surface area contributed by atoms with Gasteiger partial charge in [0.15, 0.2) is 0 Å². The Hall–Kier alpha value is -2.18. The smallest absolute Gasteiger partial charge is 0.242 e. The van der Waals surface area contributed by atoms with E-state index in [1.807, 2.05) is 4.90 Å². The number of anilines is 1. The van der Waals surface area contributed by atoms with E-state index < -0.39 is 0 Å². The van der Waals surface area contributed by atoms with Crippen molar-refractivity contribution >= 4 is 17.8 Å². The highest BCUT2D eigenvalue weighted by molar-refractivity contribution is 5.84. The van der Waals surface area contributed by atoms with E-state index in [2.05, 4.69) is 20.2 Å². The molecule has 1 N–H and O–H groups in total. The molecule has 1 aromatic rings. The third-order valence-corrected chi connectivity index (χ3v) is 4.17. The van der Waals surface area contributed by atoms with Gasteiger partial charge in [0, 0.05) is 50.9 Å². The minimum atomic E-state index is -0.174. The summed E-state index contributed by atoms with van der Waals surface area (Å²) in [4.78, 5) is 35.3. The van der Waals surface area contributed by atoms with Crippen LogP contribution in [0.5, 0.6) is 0 Å². The molecule has 3 heterocycles. The monoisotopic (exact) mass is 289 g/mol. The number of nitrogens with one attached hydrogen (secondary N) is 1. The highest BCUT2D eigenvalue weighted by Gasteiger charge is 2.49. The lowest BCUT2D eigenvalue weighted by Crippen LogP contribution is -2.61. The maximum Gasteiger partial charge on any atom is 0.242 e. The number of amides is 2. The van der Waals surface area contributed by atoms with Gasteiger partial charge < -0.3 is 15.1 Å². The summed E-state index contributed by atoms with van der Waals surface area (Å²) in [5.41, 5.74) is 0.172. The lowest BCUT2D eigenvalue weighted by molar-refractivity contribution is -0.142. The maximum atomic E-state index is 11.9. The largest absolute Gasteiger partial charge is 0.347 e. The lowest BCUT2D eigenvalue weighted by atomic mass is 9.79. The average molecular weight is 289 g/mol. The number of aromatic nitrogens is 2. The lowest BCUT2D eigenvalue weighted by Gasteiger charge is -2.48. The number of carbonyl (C=O) groups excluding carboxylic acids is 2. The fraction of sp³-hybridized carbons (Fsp3) is 0.571. The molecule has 0 aliphatic carbocycles.